The number of unbranched alkanes of at least 4 members (excludes halogenated alkanes) is 9. The van der Waals surface area contributed by atoms with Gasteiger partial charge in [-0.3, -0.25) is 0 Å². The number of nitrogens with one attached hydrogen (secondary N) is 1. The van der Waals surface area contributed by atoms with Crippen molar-refractivity contribution in [1.29, 1.82) is 0 Å². The van der Waals surface area contributed by atoms with Gasteiger partial charge in [0.05, 0.1) is 12.0 Å². The summed E-state index contributed by atoms with van der Waals surface area (Å²) in [5.74, 6) is -1.07. The number of hydrogen-bond acceptors (Lipinski definition) is 3. The van der Waals surface area contributed by atoms with Crippen molar-refractivity contribution in [3.63, 3.8) is 0 Å². The second-order valence-electron chi connectivity index (χ2n) is 6.82. The van der Waals surface area contributed by atoms with Crippen LogP contribution in [0.3, 0.4) is 0 Å². The van der Waals surface area contributed by atoms with Gasteiger partial charge in [0.1, 0.15) is 0 Å². The normalized spacial score (nSPS) is 11.6. The van der Waals surface area contributed by atoms with Gasteiger partial charge in [0.25, 0.3) is 0 Å². The molecule has 0 heterocycles. The van der Waals surface area contributed by atoms with E-state index in [1.54, 1.807) is 6.92 Å². The van der Waals surface area contributed by atoms with Crippen LogP contribution in [0.2, 0.25) is 0 Å². The minimum Gasteiger partial charge on any atom is -0.548 e. The molecule has 0 aliphatic heterocycles. The number of carboxylic acids is 1. The van der Waals surface area contributed by atoms with Crippen molar-refractivity contribution in [2.24, 2.45) is 0 Å². The average molecular weight is 355 g/mol. The summed E-state index contributed by atoms with van der Waals surface area (Å²) in [7, 11) is 0. The first-order valence-corrected chi connectivity index (χ1v) is 9.69. The largest absolute Gasteiger partial charge is 1.00 e. The van der Waals surface area contributed by atoms with Crippen molar-refractivity contribution in [3.05, 3.63) is 29.8 Å². The van der Waals surface area contributed by atoms with E-state index in [-0.39, 0.29) is 29.6 Å². The van der Waals surface area contributed by atoms with E-state index >= 15 is 0 Å². The number of carboxylic acid groups (broad SMARTS) is 1. The molecule has 0 saturated carbocycles. The molecule has 25 heavy (non-hydrogen) atoms. The van der Waals surface area contributed by atoms with E-state index in [4.69, 9.17) is 0 Å². The van der Waals surface area contributed by atoms with Crippen LogP contribution in [-0.4, -0.2) is 12.0 Å². The van der Waals surface area contributed by atoms with Crippen molar-refractivity contribution in [1.82, 2.24) is 0 Å². The maximum absolute atomic E-state index is 10.8. The number of carbonyl (C=O) groups is 1. The molecule has 1 rings (SSSR count). The number of rotatable bonds is 14. The van der Waals surface area contributed by atoms with Crippen molar-refractivity contribution in [3.8, 4) is 0 Å². The third kappa shape index (κ3) is 12.5. The van der Waals surface area contributed by atoms with Gasteiger partial charge in [0, 0.05) is 5.69 Å². The molecule has 0 aliphatic carbocycles. The summed E-state index contributed by atoms with van der Waals surface area (Å²) in [4.78, 5) is 10.8. The van der Waals surface area contributed by atoms with E-state index in [2.05, 4.69) is 18.3 Å². The summed E-state index contributed by atoms with van der Waals surface area (Å²) in [6, 6.07) is 7.38. The Labute approximate surface area is 176 Å². The van der Waals surface area contributed by atoms with Crippen molar-refractivity contribution < 1.29 is 39.5 Å². The standard InChI is InChI=1S/C21H35NO2.Na/c1-3-4-5-6-7-8-9-10-11-12-14-19-15-13-16-20(17-19)22-18(2)21(23)24;/h13,15-18,22H,3-12,14H2,1-2H3,(H,23,24);/q;+1/p-1. The van der Waals surface area contributed by atoms with Crippen LogP contribution in [0.25, 0.3) is 0 Å². The van der Waals surface area contributed by atoms with E-state index in [9.17, 15) is 9.90 Å². The first-order chi connectivity index (χ1) is 11.6. The minimum atomic E-state index is -1.07. The van der Waals surface area contributed by atoms with Gasteiger partial charge in [0.2, 0.25) is 0 Å². The Kier molecular flexibility index (Phi) is 15.4. The van der Waals surface area contributed by atoms with Gasteiger partial charge in [-0.2, -0.15) is 0 Å². The molecule has 0 bridgehead atoms. The Bertz CT molecular complexity index is 465. The third-order valence-electron chi connectivity index (χ3n) is 4.48. The van der Waals surface area contributed by atoms with Crippen LogP contribution in [0.4, 0.5) is 5.69 Å². The van der Waals surface area contributed by atoms with Gasteiger partial charge in [-0.15, -0.1) is 0 Å². The van der Waals surface area contributed by atoms with Crippen molar-refractivity contribution in [2.75, 3.05) is 5.32 Å². The summed E-state index contributed by atoms with van der Waals surface area (Å²) >= 11 is 0. The van der Waals surface area contributed by atoms with Crippen LogP contribution < -0.4 is 40.0 Å². The van der Waals surface area contributed by atoms with E-state index in [1.165, 1.54) is 69.8 Å². The molecular formula is C21H34NNaO2. The smallest absolute Gasteiger partial charge is 0.548 e. The number of hydrogen-bond donors (Lipinski definition) is 1. The summed E-state index contributed by atoms with van der Waals surface area (Å²) < 4.78 is 0. The summed E-state index contributed by atoms with van der Waals surface area (Å²) in [5, 5.41) is 13.7. The molecule has 0 aliphatic rings. The minimum absolute atomic E-state index is 0. The molecule has 0 spiro atoms. The van der Waals surface area contributed by atoms with Crippen molar-refractivity contribution in [2.45, 2.75) is 90.5 Å². The molecule has 1 aromatic carbocycles. The number of carbonyl (C=O) groups excluding carboxylic acids is 1. The molecule has 1 unspecified atom stereocenters. The number of anilines is 1. The SMILES string of the molecule is CCCCCCCCCCCCc1cccc(NC(C)C(=O)[O-])c1.[Na+]. The zero-order chi connectivity index (χ0) is 17.6. The summed E-state index contributed by atoms with van der Waals surface area (Å²) in [6.07, 6.45) is 14.5. The summed E-state index contributed by atoms with van der Waals surface area (Å²) in [6.45, 7) is 3.86. The zero-order valence-corrected chi connectivity index (χ0v) is 18.5. The molecule has 0 saturated heterocycles. The van der Waals surface area contributed by atoms with E-state index in [1.807, 2.05) is 18.2 Å². The number of aryl methyl sites for hydroxylation is 1. The fraction of sp³-hybridized carbons (Fsp3) is 0.667. The first kappa shape index (κ1) is 24.5. The van der Waals surface area contributed by atoms with Gasteiger partial charge >= 0.3 is 29.6 Å². The van der Waals surface area contributed by atoms with Gasteiger partial charge in [-0.1, -0.05) is 76.8 Å². The molecular weight excluding hydrogens is 321 g/mol. The van der Waals surface area contributed by atoms with E-state index in [0.717, 1.165) is 12.1 Å². The molecule has 4 heteroatoms. The fourth-order valence-electron chi connectivity index (χ4n) is 2.94. The fourth-order valence-corrected chi connectivity index (χ4v) is 2.94. The predicted octanol–water partition coefficient (Wildman–Crippen LogP) is 1.70. The van der Waals surface area contributed by atoms with E-state index in [0.29, 0.717) is 0 Å². The first-order valence-electron chi connectivity index (χ1n) is 9.69. The monoisotopic (exact) mass is 355 g/mol. The zero-order valence-electron chi connectivity index (χ0n) is 16.5. The van der Waals surface area contributed by atoms with Gasteiger partial charge in [-0.05, 0) is 37.5 Å². The van der Waals surface area contributed by atoms with Crippen LogP contribution in [-0.2, 0) is 11.2 Å². The molecule has 0 fully saturated rings. The second kappa shape index (κ2) is 15.7. The Hall–Kier alpha value is -0.510. The number of aliphatic carboxylic acids is 1. The second-order valence-corrected chi connectivity index (χ2v) is 6.82. The number of benzene rings is 1. The third-order valence-corrected chi connectivity index (χ3v) is 4.48. The molecule has 0 aromatic heterocycles. The van der Waals surface area contributed by atoms with Crippen LogP contribution in [0.5, 0.6) is 0 Å². The Morgan fingerprint density at radius 2 is 1.56 bits per heavy atom. The molecule has 3 nitrogen and oxygen atoms in total. The van der Waals surface area contributed by atoms with Crippen LogP contribution in [0.1, 0.15) is 83.6 Å². The Morgan fingerprint density at radius 3 is 2.12 bits per heavy atom. The van der Waals surface area contributed by atoms with Gasteiger partial charge in [0.15, 0.2) is 0 Å². The summed E-state index contributed by atoms with van der Waals surface area (Å²) in [5.41, 5.74) is 2.13. The Morgan fingerprint density at radius 1 is 1.00 bits per heavy atom. The molecule has 0 amide bonds. The molecule has 1 N–H and O–H groups in total. The molecule has 0 radical (unpaired) electrons. The topological polar surface area (TPSA) is 52.2 Å². The predicted molar refractivity (Wildman–Crippen MR) is 100 cm³/mol. The maximum Gasteiger partial charge on any atom is 1.00 e. The molecule has 1 aromatic rings. The van der Waals surface area contributed by atoms with Gasteiger partial charge in [-0.25, -0.2) is 0 Å². The van der Waals surface area contributed by atoms with E-state index < -0.39 is 12.0 Å². The Balaban J connectivity index is 0.00000576. The average Bonchev–Trinajstić information content (AvgIpc) is 2.57. The maximum atomic E-state index is 10.8. The van der Waals surface area contributed by atoms with Crippen LogP contribution in [0, 0.1) is 0 Å². The van der Waals surface area contributed by atoms with Crippen LogP contribution in [0.15, 0.2) is 24.3 Å². The molecule has 136 valence electrons. The van der Waals surface area contributed by atoms with Gasteiger partial charge < -0.3 is 15.2 Å². The molecule has 1 atom stereocenters. The van der Waals surface area contributed by atoms with Crippen molar-refractivity contribution >= 4 is 11.7 Å². The quantitative estimate of drug-likeness (QED) is 0.408. The van der Waals surface area contributed by atoms with Crippen LogP contribution >= 0.6 is 0 Å².